The molecule has 1 N–H and O–H groups in total. The summed E-state index contributed by atoms with van der Waals surface area (Å²) in [7, 11) is 0. The van der Waals surface area contributed by atoms with E-state index in [0.29, 0.717) is 5.69 Å². The number of carbonyl (C=O) groups excluding carboxylic acids is 1. The minimum atomic E-state index is -0.248. The molecule has 0 aliphatic heterocycles. The van der Waals surface area contributed by atoms with Crippen LogP contribution in [0.3, 0.4) is 0 Å². The van der Waals surface area contributed by atoms with E-state index in [1.807, 2.05) is 24.6 Å². The van der Waals surface area contributed by atoms with Crippen LogP contribution in [0.4, 0.5) is 5.69 Å². The molecule has 88 valence electrons. The summed E-state index contributed by atoms with van der Waals surface area (Å²) in [6.45, 7) is 7.48. The van der Waals surface area contributed by atoms with E-state index in [0.717, 1.165) is 11.0 Å². The summed E-state index contributed by atoms with van der Waals surface area (Å²) in [4.78, 5) is 15.5. The van der Waals surface area contributed by atoms with Crippen LogP contribution in [0, 0.1) is 0 Å². The second kappa shape index (κ2) is 4.37. The van der Waals surface area contributed by atoms with E-state index in [9.17, 15) is 4.79 Å². The Labute approximate surface area is 99.2 Å². The molecule has 5 nitrogen and oxygen atoms in total. The van der Waals surface area contributed by atoms with Gasteiger partial charge in [-0.15, -0.1) is 0 Å². The molecule has 0 atom stereocenters. The first-order valence-electron chi connectivity index (χ1n) is 5.38. The molecule has 0 aromatic carbocycles. The molecule has 0 saturated heterocycles. The van der Waals surface area contributed by atoms with Gasteiger partial charge in [-0.05, 0) is 26.0 Å². The van der Waals surface area contributed by atoms with Gasteiger partial charge in [0.25, 0.3) is 0 Å². The lowest BCUT2D eigenvalue weighted by Gasteiger charge is -2.06. The first-order chi connectivity index (χ1) is 8.11. The smallest absolute Gasteiger partial charge is 0.247 e. The quantitative estimate of drug-likeness (QED) is 0.822. The third kappa shape index (κ3) is 2.18. The molecule has 0 saturated carbocycles. The number of nitrogens with zero attached hydrogens (tertiary/aromatic N) is 3. The van der Waals surface area contributed by atoms with Crippen molar-refractivity contribution in [2.45, 2.75) is 19.9 Å². The summed E-state index contributed by atoms with van der Waals surface area (Å²) in [6.07, 6.45) is 4.58. The molecule has 2 aromatic heterocycles. The largest absolute Gasteiger partial charge is 0.321 e. The second-order valence-corrected chi connectivity index (χ2v) is 4.01. The van der Waals surface area contributed by atoms with Crippen LogP contribution in [0.1, 0.15) is 19.9 Å². The number of hydrogen-bond donors (Lipinski definition) is 1. The highest BCUT2D eigenvalue weighted by atomic mass is 16.1. The molecule has 2 aromatic rings. The highest BCUT2D eigenvalue weighted by molar-refractivity contribution is 5.99. The van der Waals surface area contributed by atoms with Gasteiger partial charge >= 0.3 is 0 Å². The van der Waals surface area contributed by atoms with Gasteiger partial charge in [0, 0.05) is 11.4 Å². The van der Waals surface area contributed by atoms with Crippen LogP contribution in [-0.4, -0.2) is 20.7 Å². The van der Waals surface area contributed by atoms with E-state index in [1.165, 1.54) is 6.08 Å². The molecule has 0 fully saturated rings. The van der Waals surface area contributed by atoms with E-state index in [2.05, 4.69) is 22.0 Å². The molecular weight excluding hydrogens is 216 g/mol. The Morgan fingerprint density at radius 3 is 2.94 bits per heavy atom. The molecule has 0 aliphatic rings. The number of rotatable bonds is 3. The van der Waals surface area contributed by atoms with Crippen LogP contribution in [0.5, 0.6) is 0 Å². The maximum atomic E-state index is 11.2. The Kier molecular flexibility index (Phi) is 2.91. The minimum Gasteiger partial charge on any atom is -0.321 e. The third-order valence-corrected chi connectivity index (χ3v) is 2.38. The Morgan fingerprint density at radius 2 is 2.29 bits per heavy atom. The van der Waals surface area contributed by atoms with Crippen molar-refractivity contribution >= 4 is 22.6 Å². The van der Waals surface area contributed by atoms with Gasteiger partial charge in [0.05, 0.1) is 18.1 Å². The van der Waals surface area contributed by atoms with Crippen molar-refractivity contribution < 1.29 is 4.79 Å². The second-order valence-electron chi connectivity index (χ2n) is 4.01. The van der Waals surface area contributed by atoms with Crippen LogP contribution in [0.2, 0.25) is 0 Å². The van der Waals surface area contributed by atoms with Crippen molar-refractivity contribution in [1.82, 2.24) is 14.8 Å². The molecule has 0 spiro atoms. The summed E-state index contributed by atoms with van der Waals surface area (Å²) in [6, 6.07) is 2.10. The molecule has 2 rings (SSSR count). The zero-order chi connectivity index (χ0) is 12.4. The van der Waals surface area contributed by atoms with E-state index in [-0.39, 0.29) is 11.9 Å². The summed E-state index contributed by atoms with van der Waals surface area (Å²) in [5.41, 5.74) is 1.46. The van der Waals surface area contributed by atoms with Gasteiger partial charge in [-0.25, -0.2) is 9.67 Å². The predicted molar refractivity (Wildman–Crippen MR) is 66.7 cm³/mol. The first-order valence-corrected chi connectivity index (χ1v) is 5.38. The van der Waals surface area contributed by atoms with Gasteiger partial charge in [-0.3, -0.25) is 4.79 Å². The minimum absolute atomic E-state index is 0.248. The lowest BCUT2D eigenvalue weighted by Crippen LogP contribution is -2.08. The summed E-state index contributed by atoms with van der Waals surface area (Å²) >= 11 is 0. The number of pyridine rings is 1. The van der Waals surface area contributed by atoms with E-state index in [4.69, 9.17) is 0 Å². The number of hydrogen-bond acceptors (Lipinski definition) is 3. The highest BCUT2D eigenvalue weighted by Crippen LogP contribution is 2.18. The molecule has 17 heavy (non-hydrogen) atoms. The van der Waals surface area contributed by atoms with Crippen molar-refractivity contribution in [2.75, 3.05) is 5.32 Å². The van der Waals surface area contributed by atoms with Crippen molar-refractivity contribution in [3.05, 3.63) is 31.1 Å². The Balaban J connectivity index is 2.39. The van der Waals surface area contributed by atoms with E-state index in [1.54, 1.807) is 12.4 Å². The zero-order valence-corrected chi connectivity index (χ0v) is 9.84. The Morgan fingerprint density at radius 1 is 1.53 bits per heavy atom. The highest BCUT2D eigenvalue weighted by Gasteiger charge is 2.08. The molecule has 1 amide bonds. The van der Waals surface area contributed by atoms with Gasteiger partial charge in [0.15, 0.2) is 5.65 Å². The SMILES string of the molecule is C=CC(=O)Nc1cnc2c(cnn2C(C)C)c1. The number of aromatic nitrogens is 3. The molecule has 0 unspecified atom stereocenters. The van der Waals surface area contributed by atoms with Gasteiger partial charge in [-0.1, -0.05) is 6.58 Å². The maximum Gasteiger partial charge on any atom is 0.247 e. The topological polar surface area (TPSA) is 59.8 Å². The van der Waals surface area contributed by atoms with E-state index < -0.39 is 0 Å². The first kappa shape index (κ1) is 11.3. The maximum absolute atomic E-state index is 11.2. The fourth-order valence-corrected chi connectivity index (χ4v) is 1.58. The van der Waals surface area contributed by atoms with Crippen molar-refractivity contribution in [2.24, 2.45) is 0 Å². The molecule has 0 bridgehead atoms. The average molecular weight is 230 g/mol. The molecular formula is C12H14N4O. The molecule has 2 heterocycles. The number of nitrogens with one attached hydrogen (secondary N) is 1. The predicted octanol–water partition coefficient (Wildman–Crippen LogP) is 2.14. The monoisotopic (exact) mass is 230 g/mol. The van der Waals surface area contributed by atoms with E-state index >= 15 is 0 Å². The van der Waals surface area contributed by atoms with Gasteiger partial charge in [-0.2, -0.15) is 5.10 Å². The van der Waals surface area contributed by atoms with Crippen LogP contribution < -0.4 is 5.32 Å². The average Bonchev–Trinajstić information content (AvgIpc) is 2.71. The van der Waals surface area contributed by atoms with Gasteiger partial charge in [0.1, 0.15) is 0 Å². The van der Waals surface area contributed by atoms with Crippen LogP contribution >= 0.6 is 0 Å². The number of fused-ring (bicyclic) bond motifs is 1. The molecule has 0 radical (unpaired) electrons. The third-order valence-electron chi connectivity index (χ3n) is 2.38. The Hall–Kier alpha value is -2.17. The van der Waals surface area contributed by atoms with Gasteiger partial charge < -0.3 is 5.32 Å². The van der Waals surface area contributed by atoms with Crippen molar-refractivity contribution in [1.29, 1.82) is 0 Å². The normalized spacial score (nSPS) is 10.8. The standard InChI is InChI=1S/C12H14N4O/c1-4-11(17)15-10-5-9-6-14-16(8(2)3)12(9)13-7-10/h4-8H,1H2,2-3H3,(H,15,17). The lowest BCUT2D eigenvalue weighted by atomic mass is 10.3. The lowest BCUT2D eigenvalue weighted by molar-refractivity contribution is -0.111. The number of amides is 1. The molecule has 5 heteroatoms. The summed E-state index contributed by atoms with van der Waals surface area (Å²) in [5.74, 6) is -0.248. The van der Waals surface area contributed by atoms with Crippen molar-refractivity contribution in [3.63, 3.8) is 0 Å². The Bertz CT molecular complexity index is 571. The molecule has 0 aliphatic carbocycles. The number of carbonyl (C=O) groups is 1. The van der Waals surface area contributed by atoms with Crippen LogP contribution in [0.15, 0.2) is 31.1 Å². The van der Waals surface area contributed by atoms with Gasteiger partial charge in [0.2, 0.25) is 5.91 Å². The van der Waals surface area contributed by atoms with Crippen LogP contribution in [-0.2, 0) is 4.79 Å². The van der Waals surface area contributed by atoms with Crippen molar-refractivity contribution in [3.8, 4) is 0 Å². The fraction of sp³-hybridized carbons (Fsp3) is 0.250. The zero-order valence-electron chi connectivity index (χ0n) is 9.84. The fourth-order valence-electron chi connectivity index (χ4n) is 1.58. The number of anilines is 1. The van der Waals surface area contributed by atoms with Crippen LogP contribution in [0.25, 0.3) is 11.0 Å². The summed E-state index contributed by atoms with van der Waals surface area (Å²) in [5, 5.41) is 7.83. The summed E-state index contributed by atoms with van der Waals surface area (Å²) < 4.78 is 1.84.